The third kappa shape index (κ3) is 3.46. The number of aryl methyl sites for hydroxylation is 1. The molecular weight excluding hydrogens is 426 g/mol. The maximum Gasteiger partial charge on any atom is 0.138 e. The number of benzene rings is 1. The number of halogens is 1. The maximum atomic E-state index is 6.02. The standard InChI is InChI=1S/C23H24BrN5/c24-19-13-16-5-3-15(12-20(16)28-23(19)26)2-1-14-4-6-17(11-14)29-10-8-18-21(29)7-9-27-22(18)25/h3,5,7-10,12-14,17H,1-2,4,6,11H2,(H2,25,27)(H2,26,28). The fourth-order valence-electron chi connectivity index (χ4n) is 4.72. The number of anilines is 2. The summed E-state index contributed by atoms with van der Waals surface area (Å²) in [5, 5.41) is 2.18. The molecule has 4 aromatic rings. The first kappa shape index (κ1) is 18.4. The van der Waals surface area contributed by atoms with Crippen LogP contribution in [0.25, 0.3) is 21.8 Å². The number of hydrogen-bond donors (Lipinski definition) is 2. The monoisotopic (exact) mass is 449 g/mol. The van der Waals surface area contributed by atoms with Gasteiger partial charge in [0.05, 0.1) is 15.5 Å². The molecule has 2 atom stereocenters. The van der Waals surface area contributed by atoms with Gasteiger partial charge in [-0.2, -0.15) is 0 Å². The Bertz CT molecular complexity index is 1200. The van der Waals surface area contributed by atoms with E-state index in [0.29, 0.717) is 17.7 Å². The minimum absolute atomic E-state index is 0.545. The third-order valence-corrected chi connectivity index (χ3v) is 6.92. The Hall–Kier alpha value is -2.60. The zero-order valence-electron chi connectivity index (χ0n) is 16.2. The van der Waals surface area contributed by atoms with Gasteiger partial charge in [0.15, 0.2) is 0 Å². The number of nitrogens with zero attached hydrogens (tertiary/aromatic N) is 3. The second-order valence-electron chi connectivity index (χ2n) is 8.11. The molecule has 2 unspecified atom stereocenters. The molecule has 3 heterocycles. The van der Waals surface area contributed by atoms with Crippen molar-refractivity contribution < 1.29 is 0 Å². The van der Waals surface area contributed by atoms with Crippen molar-refractivity contribution in [2.75, 3.05) is 11.5 Å². The highest BCUT2D eigenvalue weighted by atomic mass is 79.9. The third-order valence-electron chi connectivity index (χ3n) is 6.29. The van der Waals surface area contributed by atoms with Gasteiger partial charge in [0, 0.05) is 29.2 Å². The number of fused-ring (bicyclic) bond motifs is 2. The van der Waals surface area contributed by atoms with Crippen molar-refractivity contribution in [3.05, 3.63) is 58.8 Å². The summed E-state index contributed by atoms with van der Waals surface area (Å²) >= 11 is 3.45. The van der Waals surface area contributed by atoms with Crippen LogP contribution in [0.1, 0.15) is 37.3 Å². The highest BCUT2D eigenvalue weighted by Gasteiger charge is 2.26. The molecule has 1 saturated carbocycles. The van der Waals surface area contributed by atoms with Crippen LogP contribution in [0, 0.1) is 5.92 Å². The Kier molecular flexibility index (Phi) is 4.66. The minimum Gasteiger partial charge on any atom is -0.383 e. The van der Waals surface area contributed by atoms with E-state index in [9.17, 15) is 0 Å². The van der Waals surface area contributed by atoms with Crippen LogP contribution >= 0.6 is 15.9 Å². The molecule has 0 spiro atoms. The lowest BCUT2D eigenvalue weighted by molar-refractivity contribution is 0.462. The largest absolute Gasteiger partial charge is 0.383 e. The lowest BCUT2D eigenvalue weighted by atomic mass is 9.97. The summed E-state index contributed by atoms with van der Waals surface area (Å²) in [6.45, 7) is 0. The van der Waals surface area contributed by atoms with Crippen LogP contribution in [0.2, 0.25) is 0 Å². The van der Waals surface area contributed by atoms with Crippen molar-refractivity contribution in [3.63, 3.8) is 0 Å². The first-order valence-electron chi connectivity index (χ1n) is 10.1. The number of aromatic nitrogens is 3. The molecule has 0 saturated heterocycles. The SMILES string of the molecule is Nc1nc2cc(CCC3CCC(n4ccc5c(N)nccc54)C3)ccc2cc1Br. The van der Waals surface area contributed by atoms with Crippen molar-refractivity contribution in [3.8, 4) is 0 Å². The van der Waals surface area contributed by atoms with Gasteiger partial charge in [-0.25, -0.2) is 9.97 Å². The minimum atomic E-state index is 0.545. The van der Waals surface area contributed by atoms with E-state index in [-0.39, 0.29) is 0 Å². The molecule has 1 aliphatic rings. The molecular formula is C23H24BrN5. The summed E-state index contributed by atoms with van der Waals surface area (Å²) in [4.78, 5) is 8.72. The van der Waals surface area contributed by atoms with Crippen molar-refractivity contribution in [1.82, 2.24) is 14.5 Å². The molecule has 0 amide bonds. The van der Waals surface area contributed by atoms with Gasteiger partial charge in [-0.3, -0.25) is 0 Å². The molecule has 1 fully saturated rings. The lowest BCUT2D eigenvalue weighted by Crippen LogP contribution is -2.05. The van der Waals surface area contributed by atoms with Crippen LogP contribution in [-0.2, 0) is 6.42 Å². The van der Waals surface area contributed by atoms with Crippen molar-refractivity contribution in [2.45, 2.75) is 38.1 Å². The lowest BCUT2D eigenvalue weighted by Gasteiger charge is -2.15. The van der Waals surface area contributed by atoms with Crippen molar-refractivity contribution in [1.29, 1.82) is 0 Å². The topological polar surface area (TPSA) is 82.8 Å². The fourth-order valence-corrected chi connectivity index (χ4v) is 5.05. The molecule has 148 valence electrons. The molecule has 5 nitrogen and oxygen atoms in total. The van der Waals surface area contributed by atoms with Gasteiger partial charge in [-0.05, 0) is 83.8 Å². The van der Waals surface area contributed by atoms with Crippen LogP contribution in [0.5, 0.6) is 0 Å². The first-order chi connectivity index (χ1) is 14.1. The van der Waals surface area contributed by atoms with Gasteiger partial charge >= 0.3 is 0 Å². The van der Waals surface area contributed by atoms with Crippen LogP contribution in [0.3, 0.4) is 0 Å². The van der Waals surface area contributed by atoms with E-state index in [2.05, 4.69) is 67.0 Å². The molecule has 1 aliphatic carbocycles. The van der Waals surface area contributed by atoms with Gasteiger partial charge in [0.2, 0.25) is 0 Å². The van der Waals surface area contributed by atoms with Crippen molar-refractivity contribution >= 4 is 49.4 Å². The predicted octanol–water partition coefficient (Wildman–Crippen LogP) is 5.49. The highest BCUT2D eigenvalue weighted by Crippen LogP contribution is 2.39. The number of hydrogen-bond acceptors (Lipinski definition) is 4. The number of nitrogens with two attached hydrogens (primary N) is 2. The van der Waals surface area contributed by atoms with Crippen LogP contribution in [0.4, 0.5) is 11.6 Å². The van der Waals surface area contributed by atoms with Gasteiger partial charge < -0.3 is 16.0 Å². The molecule has 5 rings (SSSR count). The number of nitrogen functional groups attached to an aromatic ring is 2. The summed E-state index contributed by atoms with van der Waals surface area (Å²) in [6.07, 6.45) is 9.98. The van der Waals surface area contributed by atoms with E-state index in [1.165, 1.54) is 36.8 Å². The van der Waals surface area contributed by atoms with Gasteiger partial charge in [0.25, 0.3) is 0 Å². The molecule has 0 aliphatic heterocycles. The Balaban J connectivity index is 1.27. The zero-order valence-corrected chi connectivity index (χ0v) is 17.8. The Morgan fingerprint density at radius 3 is 2.86 bits per heavy atom. The zero-order chi connectivity index (χ0) is 20.0. The predicted molar refractivity (Wildman–Crippen MR) is 123 cm³/mol. The number of pyridine rings is 2. The summed E-state index contributed by atoms with van der Waals surface area (Å²) in [5.41, 5.74) is 15.5. The second-order valence-corrected chi connectivity index (χ2v) is 8.96. The van der Waals surface area contributed by atoms with Crippen LogP contribution < -0.4 is 11.5 Å². The fraction of sp³-hybridized carbons (Fsp3) is 0.304. The molecule has 3 aromatic heterocycles. The molecule has 1 aromatic carbocycles. The molecule has 0 bridgehead atoms. The molecule has 4 N–H and O–H groups in total. The molecule has 29 heavy (non-hydrogen) atoms. The second kappa shape index (κ2) is 7.34. The van der Waals surface area contributed by atoms with Crippen molar-refractivity contribution in [2.24, 2.45) is 5.92 Å². The quantitative estimate of drug-likeness (QED) is 0.431. The summed E-state index contributed by atoms with van der Waals surface area (Å²) in [7, 11) is 0. The van der Waals surface area contributed by atoms with E-state index >= 15 is 0 Å². The maximum absolute atomic E-state index is 6.02. The van der Waals surface area contributed by atoms with Gasteiger partial charge in [-0.1, -0.05) is 12.1 Å². The Morgan fingerprint density at radius 2 is 1.97 bits per heavy atom. The van der Waals surface area contributed by atoms with E-state index in [4.69, 9.17) is 11.5 Å². The highest BCUT2D eigenvalue weighted by molar-refractivity contribution is 9.10. The molecule has 0 radical (unpaired) electrons. The summed E-state index contributed by atoms with van der Waals surface area (Å²) < 4.78 is 3.25. The van der Waals surface area contributed by atoms with Gasteiger partial charge in [-0.15, -0.1) is 0 Å². The Labute approximate surface area is 178 Å². The molecule has 6 heteroatoms. The smallest absolute Gasteiger partial charge is 0.138 e. The average molecular weight is 450 g/mol. The van der Waals surface area contributed by atoms with E-state index in [1.807, 2.05) is 6.07 Å². The van der Waals surface area contributed by atoms with E-state index in [1.54, 1.807) is 6.20 Å². The summed E-state index contributed by atoms with van der Waals surface area (Å²) in [6, 6.07) is 13.3. The van der Waals surface area contributed by atoms with Crippen LogP contribution in [-0.4, -0.2) is 14.5 Å². The Morgan fingerprint density at radius 1 is 1.07 bits per heavy atom. The summed E-state index contributed by atoms with van der Waals surface area (Å²) in [5.74, 6) is 1.91. The normalized spacial score (nSPS) is 19.3. The van der Waals surface area contributed by atoms with E-state index < -0.39 is 0 Å². The first-order valence-corrected chi connectivity index (χ1v) is 10.9. The average Bonchev–Trinajstić information content (AvgIpc) is 3.35. The van der Waals surface area contributed by atoms with E-state index in [0.717, 1.165) is 33.1 Å². The number of rotatable bonds is 4. The van der Waals surface area contributed by atoms with Crippen LogP contribution in [0.15, 0.2) is 53.3 Å². The van der Waals surface area contributed by atoms with Gasteiger partial charge in [0.1, 0.15) is 11.6 Å².